The van der Waals surface area contributed by atoms with Gasteiger partial charge in [0.25, 0.3) is 0 Å². The Morgan fingerprint density at radius 3 is 2.24 bits per heavy atom. The molecule has 0 aliphatic carbocycles. The third-order valence-electron chi connectivity index (χ3n) is 2.12. The van der Waals surface area contributed by atoms with Crippen LogP contribution in [0.2, 0.25) is 0 Å². The summed E-state index contributed by atoms with van der Waals surface area (Å²) in [5, 5.41) is 8.12. The first-order valence-corrected chi connectivity index (χ1v) is 6.23. The minimum absolute atomic E-state index is 0.126. The molecule has 102 valence electrons. The molecule has 0 aromatic rings. The molecule has 0 rings (SSSR count). The van der Waals surface area contributed by atoms with Crippen LogP contribution in [-0.2, 0) is 4.79 Å². The van der Waals surface area contributed by atoms with Crippen LogP contribution in [0.3, 0.4) is 0 Å². The smallest absolute Gasteiger partial charge is 0.316 e. The van der Waals surface area contributed by atoms with Crippen molar-refractivity contribution >= 4 is 17.7 Å². The average Bonchev–Trinajstić information content (AvgIpc) is 2.15. The second-order valence-corrected chi connectivity index (χ2v) is 5.29. The molecule has 0 aromatic carbocycles. The first-order chi connectivity index (χ1) is 7.68. The summed E-state index contributed by atoms with van der Waals surface area (Å²) in [6, 6.07) is 0. The quantitative estimate of drug-likeness (QED) is 0.544. The maximum atomic E-state index is 12.5. The van der Waals surface area contributed by atoms with Gasteiger partial charge < -0.3 is 5.11 Å². The summed E-state index contributed by atoms with van der Waals surface area (Å²) in [6.45, 7) is 3.42. The average molecular weight is 276 g/mol. The molecule has 0 aliphatic rings. The Bertz CT molecular complexity index is 246. The first kappa shape index (κ1) is 16.5. The fourth-order valence-corrected chi connectivity index (χ4v) is 2.27. The van der Waals surface area contributed by atoms with E-state index in [9.17, 15) is 22.4 Å². The molecule has 0 saturated carbocycles. The molecule has 2 nitrogen and oxygen atoms in total. The molecule has 0 aliphatic heterocycles. The zero-order valence-corrected chi connectivity index (χ0v) is 10.4. The molecule has 0 radical (unpaired) electrons. The van der Waals surface area contributed by atoms with Crippen molar-refractivity contribution in [1.29, 1.82) is 0 Å². The highest BCUT2D eigenvalue weighted by molar-refractivity contribution is 8.00. The van der Waals surface area contributed by atoms with Gasteiger partial charge in [0.15, 0.2) is 0 Å². The minimum atomic E-state index is -3.98. The normalized spacial score (nSPS) is 14.4. The molecule has 1 N–H and O–H groups in total. The number of carboxylic acid groups (broad SMARTS) is 1. The Labute approximate surface area is 102 Å². The number of carbonyl (C=O) groups is 1. The van der Waals surface area contributed by atoms with Crippen molar-refractivity contribution in [3.8, 4) is 0 Å². The largest absolute Gasteiger partial charge is 0.480 e. The van der Waals surface area contributed by atoms with Crippen molar-refractivity contribution < 1.29 is 27.5 Å². The van der Waals surface area contributed by atoms with Crippen molar-refractivity contribution in [1.82, 2.24) is 0 Å². The number of thioether (sulfide) groups is 1. The van der Waals surface area contributed by atoms with Crippen LogP contribution in [0.5, 0.6) is 0 Å². The van der Waals surface area contributed by atoms with Gasteiger partial charge >= 0.3 is 18.3 Å². The number of rotatable bonds is 8. The Kier molecular flexibility index (Phi) is 6.89. The van der Waals surface area contributed by atoms with Gasteiger partial charge in [0.2, 0.25) is 0 Å². The number of hydrogen-bond acceptors (Lipinski definition) is 2. The molecule has 1 unspecified atom stereocenters. The summed E-state index contributed by atoms with van der Waals surface area (Å²) in [5.41, 5.74) is 0. The lowest BCUT2D eigenvalue weighted by atomic mass is 10.1. The molecule has 0 aromatic heterocycles. The summed E-state index contributed by atoms with van der Waals surface area (Å²) in [4.78, 5) is 10.8. The van der Waals surface area contributed by atoms with E-state index in [4.69, 9.17) is 5.11 Å². The third kappa shape index (κ3) is 6.14. The summed E-state index contributed by atoms with van der Waals surface area (Å²) in [5.74, 6) is -4.98. The maximum Gasteiger partial charge on any atom is 0.316 e. The van der Waals surface area contributed by atoms with Crippen LogP contribution in [0.25, 0.3) is 0 Å². The van der Waals surface area contributed by atoms with Crippen LogP contribution in [0, 0.1) is 5.92 Å². The lowest BCUT2D eigenvalue weighted by molar-refractivity contribution is -0.137. The van der Waals surface area contributed by atoms with Crippen LogP contribution in [-0.4, -0.2) is 34.4 Å². The van der Waals surface area contributed by atoms with Gasteiger partial charge in [0, 0.05) is 6.42 Å². The highest BCUT2D eigenvalue weighted by Crippen LogP contribution is 2.29. The van der Waals surface area contributed by atoms with Crippen LogP contribution in [0.1, 0.15) is 26.7 Å². The Balaban J connectivity index is 3.95. The number of aliphatic carboxylic acids is 1. The van der Waals surface area contributed by atoms with Gasteiger partial charge in [0.1, 0.15) is 5.25 Å². The van der Waals surface area contributed by atoms with E-state index in [-0.39, 0.29) is 18.1 Å². The van der Waals surface area contributed by atoms with Gasteiger partial charge in [-0.15, -0.1) is 11.8 Å². The minimum Gasteiger partial charge on any atom is -0.480 e. The molecule has 0 heterocycles. The highest BCUT2D eigenvalue weighted by atomic mass is 32.2. The standard InChI is InChI=1S/C10H16F4O2S/c1-6(2)7(8(15)16)17-5-3-4-10(13,14)9(11)12/h6-7,9H,3-5H2,1-2H3,(H,15,16). The Morgan fingerprint density at radius 1 is 1.35 bits per heavy atom. The predicted octanol–water partition coefficient (Wildman–Crippen LogP) is 3.51. The summed E-state index contributed by atoms with van der Waals surface area (Å²) in [7, 11) is 0. The first-order valence-electron chi connectivity index (χ1n) is 5.19. The van der Waals surface area contributed by atoms with Crippen molar-refractivity contribution in [2.24, 2.45) is 5.92 Å². The van der Waals surface area contributed by atoms with Gasteiger partial charge in [-0.1, -0.05) is 13.8 Å². The van der Waals surface area contributed by atoms with Gasteiger partial charge in [0.05, 0.1) is 0 Å². The number of carboxylic acids is 1. The molecular weight excluding hydrogens is 260 g/mol. The van der Waals surface area contributed by atoms with Crippen molar-refractivity contribution in [3.63, 3.8) is 0 Å². The van der Waals surface area contributed by atoms with Gasteiger partial charge in [-0.05, 0) is 18.1 Å². The SMILES string of the molecule is CC(C)C(SCCCC(F)(F)C(F)F)C(=O)O. The van der Waals surface area contributed by atoms with Crippen molar-refractivity contribution in [2.45, 2.75) is 44.3 Å². The van der Waals surface area contributed by atoms with Crippen molar-refractivity contribution in [2.75, 3.05) is 5.75 Å². The highest BCUT2D eigenvalue weighted by Gasteiger charge is 2.39. The number of alkyl halides is 4. The summed E-state index contributed by atoms with van der Waals surface area (Å²) >= 11 is 1.01. The number of hydrogen-bond donors (Lipinski definition) is 1. The molecule has 0 saturated heterocycles. The van der Waals surface area contributed by atoms with E-state index in [1.807, 2.05) is 0 Å². The summed E-state index contributed by atoms with van der Waals surface area (Å²) < 4.78 is 48.6. The van der Waals surface area contributed by atoms with E-state index in [1.54, 1.807) is 13.8 Å². The molecule has 7 heteroatoms. The van der Waals surface area contributed by atoms with E-state index in [2.05, 4.69) is 0 Å². The second kappa shape index (κ2) is 7.08. The van der Waals surface area contributed by atoms with Crippen LogP contribution in [0.4, 0.5) is 17.6 Å². The van der Waals surface area contributed by atoms with Crippen molar-refractivity contribution in [3.05, 3.63) is 0 Å². The van der Waals surface area contributed by atoms with Gasteiger partial charge in [-0.2, -0.15) is 0 Å². The zero-order valence-electron chi connectivity index (χ0n) is 9.63. The lowest BCUT2D eigenvalue weighted by Gasteiger charge is -2.17. The third-order valence-corrected chi connectivity index (χ3v) is 3.75. The van der Waals surface area contributed by atoms with E-state index < -0.39 is 30.0 Å². The molecule has 0 fully saturated rings. The zero-order chi connectivity index (χ0) is 13.6. The van der Waals surface area contributed by atoms with Gasteiger partial charge in [-0.3, -0.25) is 4.79 Å². The summed E-state index contributed by atoms with van der Waals surface area (Å²) in [6.07, 6.45) is -4.70. The molecular formula is C10H16F4O2S. The molecule has 0 amide bonds. The van der Waals surface area contributed by atoms with E-state index in [0.717, 1.165) is 11.8 Å². The molecule has 0 spiro atoms. The Hall–Kier alpha value is -0.460. The van der Waals surface area contributed by atoms with E-state index >= 15 is 0 Å². The molecule has 1 atom stereocenters. The maximum absolute atomic E-state index is 12.5. The monoisotopic (exact) mass is 276 g/mol. The van der Waals surface area contributed by atoms with Crippen LogP contribution in [0.15, 0.2) is 0 Å². The molecule has 0 bridgehead atoms. The lowest BCUT2D eigenvalue weighted by Crippen LogP contribution is -2.27. The van der Waals surface area contributed by atoms with E-state index in [0.29, 0.717) is 0 Å². The topological polar surface area (TPSA) is 37.3 Å². The number of halogens is 4. The predicted molar refractivity (Wildman–Crippen MR) is 58.9 cm³/mol. The van der Waals surface area contributed by atoms with Crippen LogP contribution >= 0.6 is 11.8 Å². The van der Waals surface area contributed by atoms with Gasteiger partial charge in [-0.25, -0.2) is 17.6 Å². The van der Waals surface area contributed by atoms with E-state index in [1.165, 1.54) is 0 Å². The fraction of sp³-hybridized carbons (Fsp3) is 0.900. The second-order valence-electron chi connectivity index (χ2n) is 4.04. The fourth-order valence-electron chi connectivity index (χ4n) is 1.18. The Morgan fingerprint density at radius 2 is 1.88 bits per heavy atom. The molecule has 17 heavy (non-hydrogen) atoms. The van der Waals surface area contributed by atoms with Crippen LogP contribution < -0.4 is 0 Å².